The van der Waals surface area contributed by atoms with Crippen LogP contribution in [-0.2, 0) is 0 Å². The lowest BCUT2D eigenvalue weighted by Crippen LogP contribution is -1.78. The van der Waals surface area contributed by atoms with Crippen LogP contribution in [0.5, 0.6) is 0 Å². The van der Waals surface area contributed by atoms with Crippen LogP contribution in [0.25, 0.3) is 0 Å². The zero-order chi connectivity index (χ0) is 18.3. The van der Waals surface area contributed by atoms with Gasteiger partial charge in [-0.25, -0.2) is 0 Å². The summed E-state index contributed by atoms with van der Waals surface area (Å²) in [7, 11) is 0. The lowest BCUT2D eigenvalue weighted by molar-refractivity contribution is 0.592. The molecule has 0 saturated carbocycles. The Bertz CT molecular complexity index is 478. The average Bonchev–Trinajstić information content (AvgIpc) is 2.63. The number of rotatable bonds is 15. The van der Waals surface area contributed by atoms with Crippen molar-refractivity contribution in [3.05, 3.63) is 97.7 Å². The van der Waals surface area contributed by atoms with Crippen molar-refractivity contribution in [3.63, 3.8) is 0 Å². The second-order valence-corrected chi connectivity index (χ2v) is 5.84. The Morgan fingerprint density at radius 2 is 0.880 bits per heavy atom. The highest BCUT2D eigenvalue weighted by Gasteiger charge is 1.88. The van der Waals surface area contributed by atoms with Gasteiger partial charge >= 0.3 is 0 Å². The van der Waals surface area contributed by atoms with Gasteiger partial charge in [-0.3, -0.25) is 0 Å². The summed E-state index contributed by atoms with van der Waals surface area (Å²) >= 11 is 0. The summed E-state index contributed by atoms with van der Waals surface area (Å²) in [4.78, 5) is 0. The van der Waals surface area contributed by atoms with Gasteiger partial charge in [0.15, 0.2) is 0 Å². The molecular weight excluding hydrogens is 300 g/mol. The van der Waals surface area contributed by atoms with Crippen molar-refractivity contribution in [2.24, 2.45) is 0 Å². The smallest absolute Gasteiger partial charge is 0.0348 e. The minimum Gasteiger partial charge on any atom is -0.0845 e. The predicted octanol–water partition coefficient (Wildman–Crippen LogP) is 8.01. The summed E-state index contributed by atoms with van der Waals surface area (Å²) < 4.78 is 0. The molecule has 0 N–H and O–H groups in total. The molecule has 0 saturated heterocycles. The van der Waals surface area contributed by atoms with Crippen molar-refractivity contribution in [3.8, 4) is 0 Å². The standard InChI is InChI=1S/C25H35/c1-3-5-7-9-11-13-15-17-19-21-23-25-24-22-20-18-16-14-12-10-8-6-4-2/h1,3,5,7,9,11,13,15,17,19-25H,4,6,8,10,12,14,16,18H2,2H3/b3-1?,7-5+,11-9+,15-13+,19-17+,22-20+,23-21+,25-24+. The third kappa shape index (κ3) is 21.9. The van der Waals surface area contributed by atoms with Crippen LogP contribution in [0.1, 0.15) is 58.3 Å². The quantitative estimate of drug-likeness (QED) is 0.210. The van der Waals surface area contributed by atoms with Crippen molar-refractivity contribution in [1.29, 1.82) is 0 Å². The van der Waals surface area contributed by atoms with Gasteiger partial charge in [-0.05, 0) is 12.8 Å². The predicted molar refractivity (Wildman–Crippen MR) is 115 cm³/mol. The first-order valence-electron chi connectivity index (χ1n) is 9.62. The van der Waals surface area contributed by atoms with Crippen LogP contribution < -0.4 is 0 Å². The van der Waals surface area contributed by atoms with Crippen LogP contribution in [0.4, 0.5) is 0 Å². The third-order valence-corrected chi connectivity index (χ3v) is 3.55. The third-order valence-electron chi connectivity index (χ3n) is 3.55. The van der Waals surface area contributed by atoms with Gasteiger partial charge in [-0.15, -0.1) is 0 Å². The van der Waals surface area contributed by atoms with E-state index in [0.29, 0.717) is 0 Å². The van der Waals surface area contributed by atoms with E-state index < -0.39 is 0 Å². The Morgan fingerprint density at radius 3 is 1.36 bits per heavy atom. The summed E-state index contributed by atoms with van der Waals surface area (Å²) in [6.07, 6.45) is 40.5. The minimum absolute atomic E-state index is 1.19. The van der Waals surface area contributed by atoms with Crippen LogP contribution in [0.3, 0.4) is 0 Å². The molecule has 0 amide bonds. The molecule has 0 spiro atoms. The molecule has 0 aromatic heterocycles. The molecule has 0 heterocycles. The zero-order valence-electron chi connectivity index (χ0n) is 15.9. The molecule has 0 aliphatic heterocycles. The summed E-state index contributed by atoms with van der Waals surface area (Å²) in [5.74, 6) is 0. The second kappa shape index (κ2) is 21.9. The Labute approximate surface area is 156 Å². The van der Waals surface area contributed by atoms with Gasteiger partial charge in [-0.2, -0.15) is 0 Å². The molecule has 0 nitrogen and oxygen atoms in total. The SMILES string of the molecule is [CH]=C/C=C/C=C/C=C/C=C/C=C/C=C/C=C/CCCCCCCCC. The first-order chi connectivity index (χ1) is 12.4. The Kier molecular flexibility index (Phi) is 20.1. The van der Waals surface area contributed by atoms with Crippen LogP contribution >= 0.6 is 0 Å². The van der Waals surface area contributed by atoms with Crippen molar-refractivity contribution >= 4 is 0 Å². The average molecular weight is 336 g/mol. The molecule has 0 aliphatic rings. The van der Waals surface area contributed by atoms with E-state index in [0.717, 1.165) is 0 Å². The number of hydrogen-bond acceptors (Lipinski definition) is 0. The molecule has 0 rings (SSSR count). The molecule has 0 atom stereocenters. The maximum atomic E-state index is 5.22. The molecule has 0 heteroatoms. The molecule has 0 bridgehead atoms. The van der Waals surface area contributed by atoms with Gasteiger partial charge in [0, 0.05) is 0 Å². The fraction of sp³-hybridized carbons (Fsp3) is 0.360. The van der Waals surface area contributed by atoms with Gasteiger partial charge in [-0.1, -0.05) is 143 Å². The van der Waals surface area contributed by atoms with Crippen LogP contribution in [-0.4, -0.2) is 0 Å². The lowest BCUT2D eigenvalue weighted by atomic mass is 10.1. The van der Waals surface area contributed by atoms with E-state index in [1.165, 1.54) is 57.4 Å². The van der Waals surface area contributed by atoms with Crippen LogP contribution in [0, 0.1) is 6.58 Å². The molecule has 135 valence electrons. The highest BCUT2D eigenvalue weighted by Crippen LogP contribution is 2.08. The maximum Gasteiger partial charge on any atom is -0.0348 e. The Morgan fingerprint density at radius 1 is 0.480 bits per heavy atom. The lowest BCUT2D eigenvalue weighted by Gasteiger charge is -1.98. The van der Waals surface area contributed by atoms with Gasteiger partial charge < -0.3 is 0 Å². The van der Waals surface area contributed by atoms with E-state index >= 15 is 0 Å². The van der Waals surface area contributed by atoms with Gasteiger partial charge in [0.1, 0.15) is 0 Å². The Balaban J connectivity index is 3.59. The molecule has 0 aliphatic carbocycles. The minimum atomic E-state index is 1.19. The van der Waals surface area contributed by atoms with E-state index in [1.807, 2.05) is 54.7 Å². The monoisotopic (exact) mass is 335 g/mol. The number of allylic oxidation sites excluding steroid dienone is 15. The van der Waals surface area contributed by atoms with Crippen LogP contribution in [0.2, 0.25) is 0 Å². The fourth-order valence-corrected chi connectivity index (χ4v) is 2.16. The van der Waals surface area contributed by atoms with E-state index in [4.69, 9.17) is 6.58 Å². The summed E-state index contributed by atoms with van der Waals surface area (Å²) in [5.41, 5.74) is 0. The van der Waals surface area contributed by atoms with E-state index in [2.05, 4.69) is 31.2 Å². The summed E-state index contributed by atoms with van der Waals surface area (Å²) in [5, 5.41) is 0. The number of unbranched alkanes of at least 4 members (excludes halogenated alkanes) is 7. The second-order valence-electron chi connectivity index (χ2n) is 5.84. The molecular formula is C25H35. The van der Waals surface area contributed by atoms with Crippen LogP contribution in [0.15, 0.2) is 91.1 Å². The molecule has 0 aromatic carbocycles. The van der Waals surface area contributed by atoms with Crippen molar-refractivity contribution in [2.75, 3.05) is 0 Å². The van der Waals surface area contributed by atoms with Crippen molar-refractivity contribution in [1.82, 2.24) is 0 Å². The maximum absolute atomic E-state index is 5.22. The van der Waals surface area contributed by atoms with Gasteiger partial charge in [0.25, 0.3) is 0 Å². The molecule has 0 fully saturated rings. The van der Waals surface area contributed by atoms with Crippen molar-refractivity contribution < 1.29 is 0 Å². The fourth-order valence-electron chi connectivity index (χ4n) is 2.16. The largest absolute Gasteiger partial charge is 0.0845 e. The van der Waals surface area contributed by atoms with Gasteiger partial charge in [0.05, 0.1) is 0 Å². The first-order valence-corrected chi connectivity index (χ1v) is 9.62. The summed E-state index contributed by atoms with van der Waals surface area (Å²) in [6.45, 7) is 7.49. The molecule has 0 aromatic rings. The van der Waals surface area contributed by atoms with Gasteiger partial charge in [0.2, 0.25) is 0 Å². The highest BCUT2D eigenvalue weighted by molar-refractivity contribution is 5.20. The molecule has 0 unspecified atom stereocenters. The Hall–Kier alpha value is -2.08. The van der Waals surface area contributed by atoms with E-state index in [9.17, 15) is 0 Å². The zero-order valence-corrected chi connectivity index (χ0v) is 15.9. The van der Waals surface area contributed by atoms with E-state index in [-0.39, 0.29) is 0 Å². The van der Waals surface area contributed by atoms with E-state index in [1.54, 1.807) is 6.08 Å². The first kappa shape index (κ1) is 22.9. The topological polar surface area (TPSA) is 0 Å². The molecule has 25 heavy (non-hydrogen) atoms. The summed E-state index contributed by atoms with van der Waals surface area (Å²) in [6, 6.07) is 0. The number of hydrogen-bond donors (Lipinski definition) is 0. The highest BCUT2D eigenvalue weighted by atomic mass is 13.9. The normalized spacial score (nSPS) is 13.3. The van der Waals surface area contributed by atoms with Crippen molar-refractivity contribution in [2.45, 2.75) is 58.3 Å². The molecule has 1 radical (unpaired) electrons.